The lowest BCUT2D eigenvalue weighted by molar-refractivity contribution is -0.131. The van der Waals surface area contributed by atoms with E-state index in [1.807, 2.05) is 0 Å². The number of nitrogens with one attached hydrogen (secondary N) is 2. The molecule has 0 unspecified atom stereocenters. The molecule has 1 aromatic heterocycles. The first kappa shape index (κ1) is 32.1. The lowest BCUT2D eigenvalue weighted by Crippen LogP contribution is -2.38. The van der Waals surface area contributed by atoms with Crippen LogP contribution in [0.5, 0.6) is 23.0 Å². The minimum absolute atomic E-state index is 0.0101. The maximum atomic E-state index is 15.3. The van der Waals surface area contributed by atoms with Crippen LogP contribution in [0.3, 0.4) is 0 Å². The number of para-hydroxylation sites is 1. The van der Waals surface area contributed by atoms with E-state index in [-0.39, 0.29) is 17.1 Å². The van der Waals surface area contributed by atoms with E-state index in [1.165, 1.54) is 30.3 Å². The fourth-order valence-corrected chi connectivity index (χ4v) is 5.77. The van der Waals surface area contributed by atoms with Crippen molar-refractivity contribution in [2.75, 3.05) is 50.5 Å². The van der Waals surface area contributed by atoms with Crippen LogP contribution >= 0.6 is 0 Å². The zero-order valence-electron chi connectivity index (χ0n) is 26.1. The molecular weight excluding hydrogens is 608 g/mol. The molecular formula is C35H37F2N5O5. The summed E-state index contributed by atoms with van der Waals surface area (Å²) in [6, 6.07) is 14.9. The molecule has 1 aliphatic heterocycles. The first-order chi connectivity index (χ1) is 22.8. The SMILES string of the molecule is COc1cc2c(Oc3ccc(NC(=O)C4(C(=O)Nc5ccccc5F)CC4)cc3F)ccnc2cc1OCC1CCN(CCN)CC1. The third-order valence-electron chi connectivity index (χ3n) is 8.76. The lowest BCUT2D eigenvalue weighted by Gasteiger charge is -2.31. The van der Waals surface area contributed by atoms with Crippen LogP contribution in [-0.4, -0.2) is 61.6 Å². The van der Waals surface area contributed by atoms with Crippen molar-refractivity contribution in [1.82, 2.24) is 9.88 Å². The van der Waals surface area contributed by atoms with E-state index < -0.39 is 28.9 Å². The summed E-state index contributed by atoms with van der Waals surface area (Å²) >= 11 is 0. The van der Waals surface area contributed by atoms with Gasteiger partial charge in [-0.25, -0.2) is 8.78 Å². The van der Waals surface area contributed by atoms with Crippen LogP contribution in [0.4, 0.5) is 20.2 Å². The number of aromatic nitrogens is 1. The molecule has 2 aliphatic rings. The average Bonchev–Trinajstić information content (AvgIpc) is 3.89. The fourth-order valence-electron chi connectivity index (χ4n) is 5.77. The lowest BCUT2D eigenvalue weighted by atomic mass is 9.98. The second-order valence-corrected chi connectivity index (χ2v) is 11.9. The number of methoxy groups -OCH3 is 1. The van der Waals surface area contributed by atoms with Gasteiger partial charge in [-0.2, -0.15) is 0 Å². The van der Waals surface area contributed by atoms with Crippen LogP contribution in [-0.2, 0) is 9.59 Å². The number of carbonyl (C=O) groups is 2. The van der Waals surface area contributed by atoms with Gasteiger partial charge in [-0.05, 0) is 81.1 Å². The maximum absolute atomic E-state index is 15.3. The number of pyridine rings is 1. The zero-order chi connectivity index (χ0) is 33.0. The van der Waals surface area contributed by atoms with Crippen molar-refractivity contribution in [3.63, 3.8) is 0 Å². The number of anilines is 2. The molecule has 0 atom stereocenters. The van der Waals surface area contributed by atoms with E-state index in [1.54, 1.807) is 37.6 Å². The van der Waals surface area contributed by atoms with E-state index >= 15 is 4.39 Å². The average molecular weight is 646 g/mol. The molecule has 1 saturated carbocycles. The minimum Gasteiger partial charge on any atom is -0.493 e. The number of fused-ring (bicyclic) bond motifs is 1. The number of carbonyl (C=O) groups excluding carboxylic acids is 2. The Labute approximate surface area is 271 Å². The number of nitrogens with two attached hydrogens (primary N) is 1. The van der Waals surface area contributed by atoms with E-state index in [9.17, 15) is 14.0 Å². The summed E-state index contributed by atoms with van der Waals surface area (Å²) in [5, 5.41) is 5.70. The molecule has 10 nitrogen and oxygen atoms in total. The molecule has 246 valence electrons. The molecule has 12 heteroatoms. The highest BCUT2D eigenvalue weighted by atomic mass is 19.1. The minimum atomic E-state index is -1.35. The van der Waals surface area contributed by atoms with E-state index in [0.717, 1.165) is 38.5 Å². The summed E-state index contributed by atoms with van der Waals surface area (Å²) < 4.78 is 47.1. The summed E-state index contributed by atoms with van der Waals surface area (Å²) in [6.07, 6.45) is 4.22. The Morgan fingerprint density at radius 1 is 0.936 bits per heavy atom. The number of rotatable bonds is 12. The largest absolute Gasteiger partial charge is 0.493 e. The summed E-state index contributed by atoms with van der Waals surface area (Å²) in [5.41, 5.74) is 5.06. The fraction of sp³-hybridized carbons (Fsp3) is 0.343. The molecule has 2 amide bonds. The number of halogens is 2. The summed E-state index contributed by atoms with van der Waals surface area (Å²) in [7, 11) is 1.55. The molecule has 2 heterocycles. The Morgan fingerprint density at radius 2 is 1.70 bits per heavy atom. The molecule has 0 spiro atoms. The topological polar surface area (TPSA) is 128 Å². The van der Waals surface area contributed by atoms with Gasteiger partial charge in [0.15, 0.2) is 23.1 Å². The van der Waals surface area contributed by atoms with Crippen molar-refractivity contribution in [3.8, 4) is 23.0 Å². The van der Waals surface area contributed by atoms with Gasteiger partial charge in [0.1, 0.15) is 17.0 Å². The van der Waals surface area contributed by atoms with Crippen LogP contribution < -0.4 is 30.6 Å². The van der Waals surface area contributed by atoms with Crippen molar-refractivity contribution in [2.45, 2.75) is 25.7 Å². The highest BCUT2D eigenvalue weighted by Gasteiger charge is 2.56. The Balaban J connectivity index is 1.11. The summed E-state index contributed by atoms with van der Waals surface area (Å²) in [4.78, 5) is 32.7. The van der Waals surface area contributed by atoms with Gasteiger partial charge in [-0.1, -0.05) is 12.1 Å². The van der Waals surface area contributed by atoms with Gasteiger partial charge in [-0.15, -0.1) is 0 Å². The second-order valence-electron chi connectivity index (χ2n) is 11.9. The smallest absolute Gasteiger partial charge is 0.240 e. The van der Waals surface area contributed by atoms with Crippen LogP contribution in [0.1, 0.15) is 25.7 Å². The zero-order valence-corrected chi connectivity index (χ0v) is 26.1. The van der Waals surface area contributed by atoms with Crippen molar-refractivity contribution in [3.05, 3.63) is 78.5 Å². The maximum Gasteiger partial charge on any atom is 0.240 e. The molecule has 4 N–H and O–H groups in total. The Bertz CT molecular complexity index is 1780. The number of hydrogen-bond donors (Lipinski definition) is 3. The molecule has 0 radical (unpaired) electrons. The van der Waals surface area contributed by atoms with Gasteiger partial charge in [0, 0.05) is 42.5 Å². The monoisotopic (exact) mass is 645 g/mol. The standard InChI is InChI=1S/C35H37F2N5O5/c1-45-31-19-24-28(20-32(31)46-21-22-9-15-42(16-10-22)17-13-38)39-14-8-29(24)47-30-7-6-23(18-26(30)37)40-33(43)35(11-12-35)34(44)41-27-5-3-2-4-25(27)36/h2-8,14,18-20,22H,9-13,15-17,21,38H2,1H3,(H,40,43)(H,41,44). The van der Waals surface area contributed by atoms with Gasteiger partial charge in [0.2, 0.25) is 11.8 Å². The molecule has 3 aromatic carbocycles. The molecule has 2 fully saturated rings. The number of ether oxygens (including phenoxy) is 3. The van der Waals surface area contributed by atoms with Crippen LogP contribution in [0.25, 0.3) is 10.9 Å². The molecule has 1 saturated heterocycles. The van der Waals surface area contributed by atoms with Crippen molar-refractivity contribution in [1.29, 1.82) is 0 Å². The van der Waals surface area contributed by atoms with E-state index in [0.29, 0.717) is 60.1 Å². The summed E-state index contributed by atoms with van der Waals surface area (Å²) in [5.74, 6) is -0.766. The molecule has 1 aliphatic carbocycles. The number of piperidine rings is 1. The number of amides is 2. The quantitative estimate of drug-likeness (QED) is 0.167. The van der Waals surface area contributed by atoms with E-state index in [4.69, 9.17) is 19.9 Å². The van der Waals surface area contributed by atoms with Crippen LogP contribution in [0, 0.1) is 23.0 Å². The van der Waals surface area contributed by atoms with Gasteiger partial charge in [0.05, 0.1) is 24.9 Å². The predicted octanol–water partition coefficient (Wildman–Crippen LogP) is 5.72. The molecule has 0 bridgehead atoms. The van der Waals surface area contributed by atoms with Gasteiger partial charge >= 0.3 is 0 Å². The third-order valence-corrected chi connectivity index (χ3v) is 8.76. The van der Waals surface area contributed by atoms with Crippen molar-refractivity contribution < 1.29 is 32.6 Å². The number of hydrogen-bond acceptors (Lipinski definition) is 8. The second kappa shape index (κ2) is 13.9. The first-order valence-corrected chi connectivity index (χ1v) is 15.7. The Morgan fingerprint density at radius 3 is 2.40 bits per heavy atom. The van der Waals surface area contributed by atoms with Crippen molar-refractivity contribution in [2.24, 2.45) is 17.1 Å². The number of likely N-dealkylation sites (tertiary alicyclic amines) is 1. The van der Waals surface area contributed by atoms with Crippen LogP contribution in [0.2, 0.25) is 0 Å². The first-order valence-electron chi connectivity index (χ1n) is 15.7. The van der Waals surface area contributed by atoms with E-state index in [2.05, 4.69) is 20.5 Å². The van der Waals surface area contributed by atoms with Gasteiger partial charge in [-0.3, -0.25) is 14.6 Å². The highest BCUT2D eigenvalue weighted by Crippen LogP contribution is 2.48. The Hall–Kier alpha value is -4.81. The predicted molar refractivity (Wildman–Crippen MR) is 174 cm³/mol. The normalized spacial score (nSPS) is 16.0. The highest BCUT2D eigenvalue weighted by molar-refractivity contribution is 6.17. The summed E-state index contributed by atoms with van der Waals surface area (Å²) in [6.45, 7) is 4.13. The van der Waals surface area contributed by atoms with Gasteiger partial charge in [0.25, 0.3) is 0 Å². The Kier molecular flexibility index (Phi) is 9.50. The molecule has 47 heavy (non-hydrogen) atoms. The van der Waals surface area contributed by atoms with Gasteiger partial charge < -0.3 is 35.5 Å². The van der Waals surface area contributed by atoms with Crippen molar-refractivity contribution >= 4 is 34.1 Å². The number of benzene rings is 3. The van der Waals surface area contributed by atoms with Crippen LogP contribution in [0.15, 0.2) is 66.9 Å². The molecule has 4 aromatic rings. The third kappa shape index (κ3) is 7.13. The number of nitrogens with zero attached hydrogens (tertiary/aromatic N) is 2. The molecule has 6 rings (SSSR count).